The van der Waals surface area contributed by atoms with Crippen molar-refractivity contribution < 1.29 is 14.6 Å². The monoisotopic (exact) mass is 263 g/mol. The van der Waals surface area contributed by atoms with Crippen molar-refractivity contribution in [2.24, 2.45) is 11.8 Å². The molecule has 1 saturated heterocycles. The van der Waals surface area contributed by atoms with Crippen LogP contribution in [0.3, 0.4) is 0 Å². The van der Waals surface area contributed by atoms with E-state index in [1.165, 1.54) is 12.1 Å². The predicted molar refractivity (Wildman–Crippen MR) is 73.8 cm³/mol. The second-order valence-electron chi connectivity index (χ2n) is 5.66. The molecule has 4 heteroatoms. The Bertz CT molecular complexity index is 449. The molecule has 2 atom stereocenters. The maximum atomic E-state index is 9.14. The van der Waals surface area contributed by atoms with Crippen LogP contribution in [-0.2, 0) is 0 Å². The van der Waals surface area contributed by atoms with Gasteiger partial charge in [-0.15, -0.1) is 0 Å². The number of fused-ring (bicyclic) bond motifs is 1. The van der Waals surface area contributed by atoms with Gasteiger partial charge in [-0.3, -0.25) is 0 Å². The molecule has 0 saturated carbocycles. The third-order valence-corrected chi connectivity index (χ3v) is 4.05. The summed E-state index contributed by atoms with van der Waals surface area (Å²) in [6.45, 7) is 4.89. The van der Waals surface area contributed by atoms with Gasteiger partial charge in [0.1, 0.15) is 0 Å². The maximum Gasteiger partial charge on any atom is 0.231 e. The van der Waals surface area contributed by atoms with Crippen LogP contribution in [0.5, 0.6) is 11.5 Å². The van der Waals surface area contributed by atoms with Crippen LogP contribution >= 0.6 is 0 Å². The zero-order valence-electron chi connectivity index (χ0n) is 11.3. The number of hydrogen-bond donors (Lipinski definition) is 1. The summed E-state index contributed by atoms with van der Waals surface area (Å²) in [5.74, 6) is 2.78. The van der Waals surface area contributed by atoms with Gasteiger partial charge in [0.25, 0.3) is 0 Å². The largest absolute Gasteiger partial charge is 0.454 e. The van der Waals surface area contributed by atoms with E-state index >= 15 is 0 Å². The molecule has 0 amide bonds. The summed E-state index contributed by atoms with van der Waals surface area (Å²) < 4.78 is 10.8. The second-order valence-corrected chi connectivity index (χ2v) is 5.66. The van der Waals surface area contributed by atoms with Crippen LogP contribution in [0.25, 0.3) is 0 Å². The third kappa shape index (κ3) is 2.63. The van der Waals surface area contributed by atoms with E-state index < -0.39 is 0 Å². The molecule has 2 unspecified atom stereocenters. The van der Waals surface area contributed by atoms with E-state index in [2.05, 4.69) is 24.0 Å². The van der Waals surface area contributed by atoms with Crippen molar-refractivity contribution in [3.63, 3.8) is 0 Å². The Labute approximate surface area is 113 Å². The minimum absolute atomic E-state index is 0.292. The number of anilines is 1. The van der Waals surface area contributed by atoms with Crippen LogP contribution in [0.2, 0.25) is 0 Å². The lowest BCUT2D eigenvalue weighted by Gasteiger charge is -2.20. The molecule has 1 aromatic carbocycles. The van der Waals surface area contributed by atoms with Crippen molar-refractivity contribution in [1.82, 2.24) is 0 Å². The highest BCUT2D eigenvalue weighted by atomic mass is 16.7. The van der Waals surface area contributed by atoms with Crippen molar-refractivity contribution in [2.45, 2.75) is 19.8 Å². The SMILES string of the molecule is CC(CO)CC1CCN(c2ccc3c(c2)OCO3)C1. The van der Waals surface area contributed by atoms with Crippen molar-refractivity contribution in [3.05, 3.63) is 18.2 Å². The van der Waals surface area contributed by atoms with Crippen LogP contribution < -0.4 is 14.4 Å². The van der Waals surface area contributed by atoms with Gasteiger partial charge in [0.2, 0.25) is 6.79 Å². The zero-order chi connectivity index (χ0) is 13.2. The number of hydrogen-bond acceptors (Lipinski definition) is 4. The molecule has 4 nitrogen and oxygen atoms in total. The summed E-state index contributed by atoms with van der Waals surface area (Å²) in [6, 6.07) is 6.16. The number of rotatable bonds is 4. The van der Waals surface area contributed by atoms with E-state index in [0.29, 0.717) is 25.2 Å². The lowest BCUT2D eigenvalue weighted by atomic mass is 9.96. The van der Waals surface area contributed by atoms with E-state index in [1.54, 1.807) is 0 Å². The molecule has 19 heavy (non-hydrogen) atoms. The molecule has 1 aromatic rings. The first-order chi connectivity index (χ1) is 9.26. The lowest BCUT2D eigenvalue weighted by molar-refractivity contribution is 0.174. The van der Waals surface area contributed by atoms with Gasteiger partial charge in [-0.2, -0.15) is 0 Å². The van der Waals surface area contributed by atoms with Crippen LogP contribution in [0, 0.1) is 11.8 Å². The Kier molecular flexibility index (Phi) is 3.51. The van der Waals surface area contributed by atoms with Crippen LogP contribution in [0.15, 0.2) is 18.2 Å². The van der Waals surface area contributed by atoms with Crippen LogP contribution in [0.1, 0.15) is 19.8 Å². The average Bonchev–Trinajstić information content (AvgIpc) is 3.05. The topological polar surface area (TPSA) is 41.9 Å². The highest BCUT2D eigenvalue weighted by molar-refractivity contribution is 5.57. The molecule has 2 aliphatic heterocycles. The fourth-order valence-corrected chi connectivity index (χ4v) is 2.99. The van der Waals surface area contributed by atoms with Gasteiger partial charge in [0, 0.05) is 31.5 Å². The first-order valence-corrected chi connectivity index (χ1v) is 7.01. The predicted octanol–water partition coefficient (Wildman–Crippen LogP) is 2.26. The summed E-state index contributed by atoms with van der Waals surface area (Å²) in [7, 11) is 0. The van der Waals surface area contributed by atoms with E-state index in [4.69, 9.17) is 14.6 Å². The molecule has 0 aromatic heterocycles. The van der Waals surface area contributed by atoms with Crippen LogP contribution in [0.4, 0.5) is 5.69 Å². The molecule has 1 fully saturated rings. The quantitative estimate of drug-likeness (QED) is 0.904. The van der Waals surface area contributed by atoms with Gasteiger partial charge in [0.05, 0.1) is 0 Å². The molecule has 0 aliphatic carbocycles. The van der Waals surface area contributed by atoms with Gasteiger partial charge >= 0.3 is 0 Å². The first kappa shape index (κ1) is 12.6. The number of ether oxygens (including phenoxy) is 2. The van der Waals surface area contributed by atoms with Crippen molar-refractivity contribution in [1.29, 1.82) is 0 Å². The zero-order valence-corrected chi connectivity index (χ0v) is 11.3. The lowest BCUT2D eigenvalue weighted by Crippen LogP contribution is -2.20. The molecule has 0 spiro atoms. The fourth-order valence-electron chi connectivity index (χ4n) is 2.99. The average molecular weight is 263 g/mol. The Morgan fingerprint density at radius 2 is 2.21 bits per heavy atom. The number of aliphatic hydroxyl groups is 1. The normalized spacial score (nSPS) is 22.8. The number of aliphatic hydroxyl groups excluding tert-OH is 1. The molecule has 0 bridgehead atoms. The van der Waals surface area contributed by atoms with E-state index in [-0.39, 0.29) is 0 Å². The molecular weight excluding hydrogens is 242 g/mol. The Hall–Kier alpha value is -1.42. The summed E-state index contributed by atoms with van der Waals surface area (Å²) in [4.78, 5) is 2.40. The van der Waals surface area contributed by atoms with Gasteiger partial charge < -0.3 is 19.5 Å². The minimum Gasteiger partial charge on any atom is -0.454 e. The maximum absolute atomic E-state index is 9.14. The molecule has 2 aliphatic rings. The molecule has 0 radical (unpaired) electrons. The summed E-state index contributed by atoms with van der Waals surface area (Å²) in [6.07, 6.45) is 2.32. The smallest absolute Gasteiger partial charge is 0.231 e. The molecule has 3 rings (SSSR count). The number of benzene rings is 1. The van der Waals surface area contributed by atoms with Gasteiger partial charge in [-0.05, 0) is 36.8 Å². The molecule has 104 valence electrons. The molecular formula is C15H21NO3. The highest BCUT2D eigenvalue weighted by Crippen LogP contribution is 2.37. The van der Waals surface area contributed by atoms with E-state index in [0.717, 1.165) is 31.0 Å². The first-order valence-electron chi connectivity index (χ1n) is 7.01. The minimum atomic E-state index is 0.292. The van der Waals surface area contributed by atoms with Crippen molar-refractivity contribution >= 4 is 5.69 Å². The van der Waals surface area contributed by atoms with E-state index in [9.17, 15) is 0 Å². The van der Waals surface area contributed by atoms with Gasteiger partial charge in [0.15, 0.2) is 11.5 Å². The van der Waals surface area contributed by atoms with Crippen molar-refractivity contribution in [3.8, 4) is 11.5 Å². The van der Waals surface area contributed by atoms with Gasteiger partial charge in [-0.25, -0.2) is 0 Å². The van der Waals surface area contributed by atoms with Gasteiger partial charge in [-0.1, -0.05) is 6.92 Å². The Morgan fingerprint density at radius 3 is 3.05 bits per heavy atom. The molecule has 2 heterocycles. The third-order valence-electron chi connectivity index (χ3n) is 4.05. The summed E-state index contributed by atoms with van der Waals surface area (Å²) in [5, 5.41) is 9.14. The molecule has 1 N–H and O–H groups in total. The Balaban J connectivity index is 1.64. The second kappa shape index (κ2) is 5.29. The fraction of sp³-hybridized carbons (Fsp3) is 0.600. The van der Waals surface area contributed by atoms with Crippen molar-refractivity contribution in [2.75, 3.05) is 31.4 Å². The van der Waals surface area contributed by atoms with E-state index in [1.807, 2.05) is 6.07 Å². The summed E-state index contributed by atoms with van der Waals surface area (Å²) >= 11 is 0. The Morgan fingerprint density at radius 1 is 1.37 bits per heavy atom. The highest BCUT2D eigenvalue weighted by Gasteiger charge is 2.25. The summed E-state index contributed by atoms with van der Waals surface area (Å²) in [5.41, 5.74) is 1.21. The standard InChI is InChI=1S/C15H21NO3/c1-11(9-17)6-12-4-5-16(8-12)13-2-3-14-15(7-13)19-10-18-14/h2-3,7,11-12,17H,4-6,8-10H2,1H3. The number of nitrogens with zero attached hydrogens (tertiary/aromatic N) is 1. The van der Waals surface area contributed by atoms with Crippen LogP contribution in [-0.4, -0.2) is 31.6 Å².